The van der Waals surface area contributed by atoms with Gasteiger partial charge >= 0.3 is 0 Å². The molecule has 1 aliphatic carbocycles. The number of fused-ring (bicyclic) bond motifs is 3. The summed E-state index contributed by atoms with van der Waals surface area (Å²) in [4.78, 5) is 56.3. The second kappa shape index (κ2) is 7.68. The molecule has 174 valence electrons. The van der Waals surface area contributed by atoms with Gasteiger partial charge in [-0.2, -0.15) is 0 Å². The van der Waals surface area contributed by atoms with Crippen molar-refractivity contribution in [3.63, 3.8) is 0 Å². The lowest BCUT2D eigenvalue weighted by molar-refractivity contribution is -0.127. The minimum atomic E-state index is -2.09. The molecule has 35 heavy (non-hydrogen) atoms. The molecule has 0 aromatic heterocycles. The highest BCUT2D eigenvalue weighted by molar-refractivity contribution is 9.10. The van der Waals surface area contributed by atoms with E-state index in [1.54, 1.807) is 66.7 Å². The van der Waals surface area contributed by atoms with Gasteiger partial charge in [0, 0.05) is 20.6 Å². The number of ketones is 2. The Labute approximate surface area is 214 Å². The van der Waals surface area contributed by atoms with E-state index in [9.17, 15) is 19.2 Å². The molecule has 8 heteroatoms. The highest BCUT2D eigenvalue weighted by atomic mass is 79.9. The second-order valence-corrected chi connectivity index (χ2v) is 10.3. The van der Waals surface area contributed by atoms with Crippen molar-refractivity contribution in [1.82, 2.24) is 0 Å². The van der Waals surface area contributed by atoms with Crippen molar-refractivity contribution in [3.8, 4) is 0 Å². The molecular formula is C27H17BrClNO5. The van der Waals surface area contributed by atoms with Crippen molar-refractivity contribution in [2.24, 2.45) is 11.8 Å². The monoisotopic (exact) mass is 549 g/mol. The number of carbonyl (C=O) groups excluding carboxylic acids is 4. The predicted octanol–water partition coefficient (Wildman–Crippen LogP) is 5.11. The number of imide groups is 1. The fraction of sp³-hybridized carbons (Fsp3) is 0.185. The lowest BCUT2D eigenvalue weighted by Gasteiger charge is -2.27. The minimum Gasteiger partial charge on any atom is -0.349 e. The van der Waals surface area contributed by atoms with E-state index in [2.05, 4.69) is 15.9 Å². The van der Waals surface area contributed by atoms with Gasteiger partial charge in [-0.15, -0.1) is 0 Å². The van der Waals surface area contributed by atoms with Crippen molar-refractivity contribution >= 4 is 56.6 Å². The lowest BCUT2D eigenvalue weighted by atomic mass is 9.77. The molecule has 0 unspecified atom stereocenters. The highest BCUT2D eigenvalue weighted by Crippen LogP contribution is 2.57. The van der Waals surface area contributed by atoms with Crippen molar-refractivity contribution in [3.05, 3.63) is 98.5 Å². The van der Waals surface area contributed by atoms with Crippen molar-refractivity contribution in [2.75, 3.05) is 4.90 Å². The molecule has 3 aliphatic rings. The van der Waals surface area contributed by atoms with E-state index in [-0.39, 0.29) is 11.1 Å². The molecule has 2 amide bonds. The van der Waals surface area contributed by atoms with Crippen LogP contribution < -0.4 is 4.90 Å². The number of hydrogen-bond donors (Lipinski definition) is 0. The summed E-state index contributed by atoms with van der Waals surface area (Å²) in [6, 6.07) is 18.3. The van der Waals surface area contributed by atoms with E-state index in [1.165, 1.54) is 0 Å². The Morgan fingerprint density at radius 3 is 2.11 bits per heavy atom. The summed E-state index contributed by atoms with van der Waals surface area (Å²) in [6.45, 7) is 1.81. The van der Waals surface area contributed by atoms with Crippen LogP contribution in [0.15, 0.2) is 71.2 Å². The summed E-state index contributed by atoms with van der Waals surface area (Å²) < 4.78 is 7.07. The Bertz CT molecular complexity index is 1430. The molecule has 6 rings (SSSR count). The number of rotatable bonds is 2. The van der Waals surface area contributed by atoms with Gasteiger partial charge in [0.15, 0.2) is 0 Å². The zero-order valence-electron chi connectivity index (χ0n) is 18.3. The molecule has 3 aromatic rings. The van der Waals surface area contributed by atoms with E-state index in [1.807, 2.05) is 6.92 Å². The molecule has 0 saturated carbocycles. The standard InChI is InChI=1S/C27H17BrClNO5/c1-13-12-14(6-11-19(13)29)22-20-21(26(34)30(25(20)33)16-9-7-15(28)8-10-16)27(35-22)23(31)17-4-2-3-5-18(17)24(27)32/h2-12,20-22H,1H3/t20-,21-,22+/m1/s1. The van der Waals surface area contributed by atoms with Crippen LogP contribution in [0, 0.1) is 18.8 Å². The first-order valence-corrected chi connectivity index (χ1v) is 12.2. The zero-order valence-corrected chi connectivity index (χ0v) is 20.7. The number of benzene rings is 3. The van der Waals surface area contributed by atoms with Crippen LogP contribution in [0.3, 0.4) is 0 Å². The molecule has 2 fully saturated rings. The van der Waals surface area contributed by atoms with E-state index >= 15 is 0 Å². The first kappa shape index (κ1) is 22.3. The van der Waals surface area contributed by atoms with Gasteiger partial charge < -0.3 is 4.74 Å². The fourth-order valence-electron chi connectivity index (χ4n) is 5.51. The summed E-state index contributed by atoms with van der Waals surface area (Å²) in [5.74, 6) is -4.63. The van der Waals surface area contributed by atoms with Crippen LogP contribution in [-0.4, -0.2) is 29.0 Å². The Kier molecular flexibility index (Phi) is 4.90. The SMILES string of the molecule is Cc1cc([C@@H]2OC3(C(=O)c4ccccc4C3=O)[C@H]3C(=O)N(c4ccc(Br)cc4)C(=O)[C@@H]23)ccc1Cl. The van der Waals surface area contributed by atoms with Crippen molar-refractivity contribution in [1.29, 1.82) is 0 Å². The summed E-state index contributed by atoms with van der Waals surface area (Å²) in [6.07, 6.45) is -0.977. The molecule has 1 spiro atoms. The Morgan fingerprint density at radius 1 is 0.886 bits per heavy atom. The van der Waals surface area contributed by atoms with Crippen molar-refractivity contribution in [2.45, 2.75) is 18.6 Å². The van der Waals surface area contributed by atoms with Gasteiger partial charge in [0.1, 0.15) is 0 Å². The third kappa shape index (κ3) is 2.92. The zero-order chi connectivity index (χ0) is 24.6. The molecule has 6 nitrogen and oxygen atoms in total. The van der Waals surface area contributed by atoms with Crippen LogP contribution >= 0.6 is 27.5 Å². The van der Waals surface area contributed by atoms with Crippen LogP contribution in [-0.2, 0) is 14.3 Å². The third-order valence-electron chi connectivity index (χ3n) is 7.11. The molecular weight excluding hydrogens is 534 g/mol. The summed E-state index contributed by atoms with van der Waals surface area (Å²) in [5.41, 5.74) is 0.00390. The quantitative estimate of drug-likeness (QED) is 0.327. The van der Waals surface area contributed by atoms with E-state index in [0.29, 0.717) is 16.3 Å². The summed E-state index contributed by atoms with van der Waals surface area (Å²) in [7, 11) is 0. The smallest absolute Gasteiger partial charge is 0.241 e. The number of ether oxygens (including phenoxy) is 1. The van der Waals surface area contributed by atoms with Crippen LogP contribution in [0.5, 0.6) is 0 Å². The largest absolute Gasteiger partial charge is 0.349 e. The van der Waals surface area contributed by atoms with Gasteiger partial charge in [0.05, 0.1) is 23.6 Å². The van der Waals surface area contributed by atoms with Crippen LogP contribution in [0.1, 0.15) is 37.9 Å². The number of anilines is 1. The molecule has 2 heterocycles. The first-order chi connectivity index (χ1) is 16.8. The second-order valence-electron chi connectivity index (χ2n) is 8.98. The number of nitrogens with zero attached hydrogens (tertiary/aromatic N) is 1. The number of Topliss-reactive ketones (excluding diaryl/α,β-unsaturated/α-hetero) is 2. The van der Waals surface area contributed by atoms with Crippen molar-refractivity contribution < 1.29 is 23.9 Å². The molecule has 0 radical (unpaired) electrons. The van der Waals surface area contributed by atoms with Gasteiger partial charge in [-0.25, -0.2) is 4.90 Å². The number of carbonyl (C=O) groups is 4. The average Bonchev–Trinajstić information content (AvgIpc) is 3.42. The Morgan fingerprint density at radius 2 is 1.51 bits per heavy atom. The average molecular weight is 551 g/mol. The lowest BCUT2D eigenvalue weighted by Crippen LogP contribution is -2.51. The van der Waals surface area contributed by atoms with Gasteiger partial charge in [-0.05, 0) is 48.4 Å². The minimum absolute atomic E-state index is 0.200. The fourth-order valence-corrected chi connectivity index (χ4v) is 5.89. The molecule has 2 aliphatic heterocycles. The van der Waals surface area contributed by atoms with Crippen LogP contribution in [0.2, 0.25) is 5.02 Å². The van der Waals surface area contributed by atoms with Gasteiger partial charge in [-0.3, -0.25) is 19.2 Å². The van der Waals surface area contributed by atoms with Gasteiger partial charge in [-0.1, -0.05) is 63.9 Å². The normalized spacial score (nSPS) is 24.4. The van der Waals surface area contributed by atoms with Crippen LogP contribution in [0.25, 0.3) is 0 Å². The van der Waals surface area contributed by atoms with E-state index in [0.717, 1.165) is 14.9 Å². The number of amides is 2. The number of hydrogen-bond acceptors (Lipinski definition) is 5. The molecule has 3 aromatic carbocycles. The Hall–Kier alpha value is -3.13. The maximum atomic E-state index is 13.9. The topological polar surface area (TPSA) is 80.8 Å². The van der Waals surface area contributed by atoms with Crippen LogP contribution in [0.4, 0.5) is 5.69 Å². The molecule has 2 saturated heterocycles. The molecule has 0 N–H and O–H groups in total. The molecule has 0 bridgehead atoms. The third-order valence-corrected chi connectivity index (χ3v) is 8.07. The van der Waals surface area contributed by atoms with Gasteiger partial charge in [0.25, 0.3) is 0 Å². The predicted molar refractivity (Wildman–Crippen MR) is 131 cm³/mol. The first-order valence-electron chi connectivity index (χ1n) is 11.0. The number of halogens is 2. The summed E-state index contributed by atoms with van der Waals surface area (Å²) >= 11 is 9.57. The van der Waals surface area contributed by atoms with Gasteiger partial charge in [0.2, 0.25) is 29.0 Å². The van der Waals surface area contributed by atoms with E-state index in [4.69, 9.17) is 16.3 Å². The summed E-state index contributed by atoms with van der Waals surface area (Å²) in [5, 5.41) is 0.531. The maximum Gasteiger partial charge on any atom is 0.241 e. The molecule has 3 atom stereocenters. The maximum absolute atomic E-state index is 13.9. The highest BCUT2D eigenvalue weighted by Gasteiger charge is 2.74. The number of aryl methyl sites for hydroxylation is 1. The Balaban J connectivity index is 1.55. The van der Waals surface area contributed by atoms with E-state index < -0.39 is 46.9 Å².